The summed E-state index contributed by atoms with van der Waals surface area (Å²) in [6, 6.07) is 11.9. The Morgan fingerprint density at radius 1 is 1.17 bits per heavy atom. The number of fused-ring (bicyclic) bond motifs is 1. The van der Waals surface area contributed by atoms with E-state index >= 15 is 0 Å². The third-order valence-electron chi connectivity index (χ3n) is 2.82. The molecular formula is C14H10BrClN2. The van der Waals surface area contributed by atoms with Crippen LogP contribution in [-0.2, 0) is 0 Å². The van der Waals surface area contributed by atoms with Crippen LogP contribution >= 0.6 is 27.5 Å². The molecule has 4 heteroatoms. The number of benzene rings is 2. The number of aromatic nitrogens is 2. The number of hydrogen-bond donors (Lipinski definition) is 1. The van der Waals surface area contributed by atoms with Crippen LogP contribution in [0.2, 0.25) is 5.02 Å². The number of hydrogen-bond acceptors (Lipinski definition) is 1. The highest BCUT2D eigenvalue weighted by Gasteiger charge is 2.09. The lowest BCUT2D eigenvalue weighted by molar-refractivity contribution is 1.33. The smallest absolute Gasteiger partial charge is 0.139 e. The second kappa shape index (κ2) is 4.41. The zero-order valence-electron chi connectivity index (χ0n) is 9.67. The lowest BCUT2D eigenvalue weighted by Gasteiger charge is -2.01. The van der Waals surface area contributed by atoms with E-state index in [4.69, 9.17) is 11.6 Å². The van der Waals surface area contributed by atoms with Crippen LogP contribution in [0.25, 0.3) is 22.4 Å². The van der Waals surface area contributed by atoms with Crippen LogP contribution in [0.5, 0.6) is 0 Å². The molecule has 0 bridgehead atoms. The third-order valence-corrected chi connectivity index (χ3v) is 3.63. The predicted molar refractivity (Wildman–Crippen MR) is 79.0 cm³/mol. The normalized spacial score (nSPS) is 11.1. The summed E-state index contributed by atoms with van der Waals surface area (Å²) in [5.74, 6) is 0.799. The molecule has 3 aromatic rings. The average molecular weight is 322 g/mol. The van der Waals surface area contributed by atoms with E-state index in [1.807, 2.05) is 43.3 Å². The number of rotatable bonds is 1. The summed E-state index contributed by atoms with van der Waals surface area (Å²) in [5, 5.41) is 0.716. The Bertz CT molecular complexity index is 734. The highest BCUT2D eigenvalue weighted by atomic mass is 79.9. The van der Waals surface area contributed by atoms with Gasteiger partial charge in [-0.15, -0.1) is 0 Å². The quantitative estimate of drug-likeness (QED) is 0.674. The molecule has 2 nitrogen and oxygen atoms in total. The molecule has 0 fully saturated rings. The second-order valence-electron chi connectivity index (χ2n) is 4.23. The minimum Gasteiger partial charge on any atom is -0.338 e. The fraction of sp³-hybridized carbons (Fsp3) is 0.0714. The third kappa shape index (κ3) is 2.04. The van der Waals surface area contributed by atoms with Crippen molar-refractivity contribution in [3.8, 4) is 11.4 Å². The number of nitrogens with one attached hydrogen (secondary N) is 1. The van der Waals surface area contributed by atoms with Gasteiger partial charge in [0, 0.05) is 10.0 Å². The first-order chi connectivity index (χ1) is 8.63. The maximum Gasteiger partial charge on any atom is 0.139 e. The van der Waals surface area contributed by atoms with Gasteiger partial charge in [0.15, 0.2) is 0 Å². The highest BCUT2D eigenvalue weighted by Crippen LogP contribution is 2.29. The topological polar surface area (TPSA) is 28.7 Å². The fourth-order valence-corrected chi connectivity index (χ4v) is 2.61. The first kappa shape index (κ1) is 11.8. The molecule has 0 aliphatic rings. The van der Waals surface area contributed by atoms with Crippen LogP contribution in [0, 0.1) is 6.92 Å². The van der Waals surface area contributed by atoms with Gasteiger partial charge >= 0.3 is 0 Å². The van der Waals surface area contributed by atoms with Gasteiger partial charge in [-0.05, 0) is 42.8 Å². The Kier molecular flexibility index (Phi) is 2.88. The van der Waals surface area contributed by atoms with Crippen LogP contribution in [0.3, 0.4) is 0 Å². The summed E-state index contributed by atoms with van der Waals surface area (Å²) in [5.41, 5.74) is 4.00. The molecule has 18 heavy (non-hydrogen) atoms. The summed E-state index contributed by atoms with van der Waals surface area (Å²) in [6.45, 7) is 2.02. The first-order valence-corrected chi connectivity index (χ1v) is 6.72. The maximum absolute atomic E-state index is 6.25. The number of aryl methyl sites for hydroxylation is 1. The van der Waals surface area contributed by atoms with Gasteiger partial charge in [0.05, 0.1) is 16.1 Å². The van der Waals surface area contributed by atoms with Crippen molar-refractivity contribution in [1.82, 2.24) is 9.97 Å². The highest BCUT2D eigenvalue weighted by molar-refractivity contribution is 9.10. The molecule has 0 atom stereocenters. The summed E-state index contributed by atoms with van der Waals surface area (Å²) in [4.78, 5) is 7.84. The van der Waals surface area contributed by atoms with Crippen LogP contribution in [0.4, 0.5) is 0 Å². The molecule has 1 aromatic heterocycles. The summed E-state index contributed by atoms with van der Waals surface area (Å²) >= 11 is 9.70. The standard InChI is InChI=1S/C14H10BrClN2/c1-8-2-4-10(11(16)6-8)14-17-12-5-3-9(15)7-13(12)18-14/h2-7H,1H3,(H,17,18). The molecule has 3 rings (SSSR count). The summed E-state index contributed by atoms with van der Waals surface area (Å²) < 4.78 is 1.03. The zero-order chi connectivity index (χ0) is 12.7. The van der Waals surface area contributed by atoms with Crippen molar-refractivity contribution in [2.24, 2.45) is 0 Å². The van der Waals surface area contributed by atoms with Crippen LogP contribution < -0.4 is 0 Å². The first-order valence-electron chi connectivity index (χ1n) is 5.55. The van der Waals surface area contributed by atoms with Gasteiger partial charge in [-0.25, -0.2) is 4.98 Å². The van der Waals surface area contributed by atoms with E-state index in [1.54, 1.807) is 0 Å². The maximum atomic E-state index is 6.25. The molecule has 0 radical (unpaired) electrons. The summed E-state index contributed by atoms with van der Waals surface area (Å²) in [6.07, 6.45) is 0. The van der Waals surface area contributed by atoms with Crippen LogP contribution in [-0.4, -0.2) is 9.97 Å². The number of aromatic amines is 1. The fourth-order valence-electron chi connectivity index (χ4n) is 1.92. The molecule has 1 heterocycles. The molecule has 0 aliphatic heterocycles. The van der Waals surface area contributed by atoms with E-state index in [-0.39, 0.29) is 0 Å². The number of halogens is 2. The van der Waals surface area contributed by atoms with Gasteiger partial charge in [0.25, 0.3) is 0 Å². The van der Waals surface area contributed by atoms with Gasteiger partial charge in [-0.1, -0.05) is 33.6 Å². The van der Waals surface area contributed by atoms with Crippen molar-refractivity contribution in [3.05, 3.63) is 51.5 Å². The molecule has 0 unspecified atom stereocenters. The molecule has 0 saturated carbocycles. The molecule has 90 valence electrons. The Hall–Kier alpha value is -1.32. The van der Waals surface area contributed by atoms with Crippen molar-refractivity contribution in [2.75, 3.05) is 0 Å². The Balaban J connectivity index is 2.19. The molecule has 0 saturated heterocycles. The Labute approximate surface area is 118 Å². The van der Waals surface area contributed by atoms with E-state index in [9.17, 15) is 0 Å². The van der Waals surface area contributed by atoms with E-state index in [0.29, 0.717) is 5.02 Å². The number of nitrogens with zero attached hydrogens (tertiary/aromatic N) is 1. The Morgan fingerprint density at radius 3 is 2.78 bits per heavy atom. The molecular weight excluding hydrogens is 312 g/mol. The van der Waals surface area contributed by atoms with Crippen molar-refractivity contribution < 1.29 is 0 Å². The van der Waals surface area contributed by atoms with E-state index in [0.717, 1.165) is 32.5 Å². The summed E-state index contributed by atoms with van der Waals surface area (Å²) in [7, 11) is 0. The van der Waals surface area contributed by atoms with Crippen LogP contribution in [0.1, 0.15) is 5.56 Å². The molecule has 0 spiro atoms. The van der Waals surface area contributed by atoms with Gasteiger partial charge in [0.2, 0.25) is 0 Å². The molecule has 1 N–H and O–H groups in total. The van der Waals surface area contributed by atoms with Crippen LogP contribution in [0.15, 0.2) is 40.9 Å². The monoisotopic (exact) mass is 320 g/mol. The Morgan fingerprint density at radius 2 is 2.00 bits per heavy atom. The predicted octanol–water partition coefficient (Wildman–Crippen LogP) is 4.95. The van der Waals surface area contributed by atoms with Crippen molar-refractivity contribution in [1.29, 1.82) is 0 Å². The van der Waals surface area contributed by atoms with Gasteiger partial charge in [-0.3, -0.25) is 0 Å². The van der Waals surface area contributed by atoms with Crippen molar-refractivity contribution in [2.45, 2.75) is 6.92 Å². The second-order valence-corrected chi connectivity index (χ2v) is 5.55. The minimum absolute atomic E-state index is 0.716. The lowest BCUT2D eigenvalue weighted by Crippen LogP contribution is -1.83. The van der Waals surface area contributed by atoms with Gasteiger partial charge in [0.1, 0.15) is 5.82 Å². The molecule has 2 aromatic carbocycles. The molecule has 0 aliphatic carbocycles. The van der Waals surface area contributed by atoms with Crippen molar-refractivity contribution in [3.63, 3.8) is 0 Å². The average Bonchev–Trinajstić information content (AvgIpc) is 2.71. The van der Waals surface area contributed by atoms with Gasteiger partial charge < -0.3 is 4.98 Å². The van der Waals surface area contributed by atoms with Crippen molar-refractivity contribution >= 4 is 38.6 Å². The van der Waals surface area contributed by atoms with E-state index < -0.39 is 0 Å². The number of imidazole rings is 1. The van der Waals surface area contributed by atoms with Gasteiger partial charge in [-0.2, -0.15) is 0 Å². The largest absolute Gasteiger partial charge is 0.338 e. The zero-order valence-corrected chi connectivity index (χ0v) is 12.0. The number of H-pyrrole nitrogens is 1. The SMILES string of the molecule is Cc1ccc(-c2nc3ccc(Br)cc3[nH]2)c(Cl)c1. The van der Waals surface area contributed by atoms with E-state index in [2.05, 4.69) is 25.9 Å². The lowest BCUT2D eigenvalue weighted by atomic mass is 10.1. The minimum atomic E-state index is 0.716. The molecule has 0 amide bonds. The van der Waals surface area contributed by atoms with E-state index in [1.165, 1.54) is 0 Å².